The SMILES string of the molecule is CCc1ccc(-n2c(C)cc(/C=C(/C#N)c3cccc(C(F)(F)F)c3)c2C)cc1. The van der Waals surface area contributed by atoms with Crippen LogP contribution in [0.4, 0.5) is 13.2 Å². The first kappa shape index (κ1) is 20.5. The van der Waals surface area contributed by atoms with E-state index in [4.69, 9.17) is 0 Å². The summed E-state index contributed by atoms with van der Waals surface area (Å²) in [5.41, 5.74) is 4.64. The first-order chi connectivity index (χ1) is 13.7. The second-order valence-electron chi connectivity index (χ2n) is 6.93. The Labute approximate surface area is 168 Å². The zero-order chi connectivity index (χ0) is 21.2. The predicted molar refractivity (Wildman–Crippen MR) is 110 cm³/mol. The summed E-state index contributed by atoms with van der Waals surface area (Å²) in [7, 11) is 0. The van der Waals surface area contributed by atoms with Crippen molar-refractivity contribution < 1.29 is 13.2 Å². The molecule has 148 valence electrons. The highest BCUT2D eigenvalue weighted by Crippen LogP contribution is 2.32. The quantitative estimate of drug-likeness (QED) is 0.451. The fraction of sp³-hybridized carbons (Fsp3) is 0.208. The lowest BCUT2D eigenvalue weighted by molar-refractivity contribution is -0.137. The van der Waals surface area contributed by atoms with Gasteiger partial charge in [0.1, 0.15) is 0 Å². The minimum atomic E-state index is -4.45. The van der Waals surface area contributed by atoms with E-state index in [9.17, 15) is 18.4 Å². The molecule has 0 atom stereocenters. The molecule has 0 saturated heterocycles. The Morgan fingerprint density at radius 1 is 1.07 bits per heavy atom. The zero-order valence-electron chi connectivity index (χ0n) is 16.5. The predicted octanol–water partition coefficient (Wildman–Crippen LogP) is 6.74. The van der Waals surface area contributed by atoms with Gasteiger partial charge in [0.2, 0.25) is 0 Å². The van der Waals surface area contributed by atoms with Crippen molar-refractivity contribution in [2.75, 3.05) is 0 Å². The van der Waals surface area contributed by atoms with Gasteiger partial charge in [-0.1, -0.05) is 31.2 Å². The number of rotatable bonds is 4. The van der Waals surface area contributed by atoms with Gasteiger partial charge in [0.05, 0.1) is 17.2 Å². The van der Waals surface area contributed by atoms with E-state index in [0.29, 0.717) is 0 Å². The average molecular weight is 394 g/mol. The number of aromatic nitrogens is 1. The van der Waals surface area contributed by atoms with Gasteiger partial charge < -0.3 is 4.57 Å². The minimum Gasteiger partial charge on any atom is -0.318 e. The molecule has 1 aromatic heterocycles. The summed E-state index contributed by atoms with van der Waals surface area (Å²) >= 11 is 0. The molecule has 2 aromatic carbocycles. The smallest absolute Gasteiger partial charge is 0.318 e. The molecule has 0 spiro atoms. The van der Waals surface area contributed by atoms with Crippen LogP contribution in [0.3, 0.4) is 0 Å². The number of allylic oxidation sites excluding steroid dienone is 1. The van der Waals surface area contributed by atoms with E-state index in [1.54, 1.807) is 6.08 Å². The van der Waals surface area contributed by atoms with Gasteiger partial charge in [0.25, 0.3) is 0 Å². The van der Waals surface area contributed by atoms with E-state index >= 15 is 0 Å². The van der Waals surface area contributed by atoms with Crippen molar-refractivity contribution in [3.8, 4) is 11.8 Å². The van der Waals surface area contributed by atoms with Crippen LogP contribution in [0.15, 0.2) is 54.6 Å². The second kappa shape index (κ2) is 8.00. The topological polar surface area (TPSA) is 28.7 Å². The summed E-state index contributed by atoms with van der Waals surface area (Å²) in [6.45, 7) is 6.00. The van der Waals surface area contributed by atoms with Crippen molar-refractivity contribution in [2.24, 2.45) is 0 Å². The van der Waals surface area contributed by atoms with Crippen molar-refractivity contribution in [2.45, 2.75) is 33.4 Å². The second-order valence-corrected chi connectivity index (χ2v) is 6.93. The van der Waals surface area contributed by atoms with Crippen LogP contribution in [-0.4, -0.2) is 4.57 Å². The van der Waals surface area contributed by atoms with Crippen molar-refractivity contribution in [1.82, 2.24) is 4.57 Å². The van der Waals surface area contributed by atoms with Crippen LogP contribution in [-0.2, 0) is 12.6 Å². The van der Waals surface area contributed by atoms with Crippen LogP contribution < -0.4 is 0 Å². The molecule has 29 heavy (non-hydrogen) atoms. The molecule has 0 amide bonds. The molecule has 0 aliphatic heterocycles. The summed E-state index contributed by atoms with van der Waals surface area (Å²) in [5.74, 6) is 0. The highest BCUT2D eigenvalue weighted by Gasteiger charge is 2.30. The fourth-order valence-electron chi connectivity index (χ4n) is 3.41. The first-order valence-corrected chi connectivity index (χ1v) is 9.32. The van der Waals surface area contributed by atoms with Crippen LogP contribution in [0.25, 0.3) is 17.3 Å². The van der Waals surface area contributed by atoms with Crippen molar-refractivity contribution in [3.05, 3.63) is 88.2 Å². The lowest BCUT2D eigenvalue weighted by atomic mass is 10.0. The van der Waals surface area contributed by atoms with Crippen molar-refractivity contribution >= 4 is 11.6 Å². The first-order valence-electron chi connectivity index (χ1n) is 9.32. The van der Waals surface area contributed by atoms with E-state index in [1.165, 1.54) is 17.7 Å². The van der Waals surface area contributed by atoms with Gasteiger partial charge in [-0.25, -0.2) is 0 Å². The van der Waals surface area contributed by atoms with Crippen LogP contribution >= 0.6 is 0 Å². The van der Waals surface area contributed by atoms with E-state index in [-0.39, 0.29) is 11.1 Å². The molecule has 0 bridgehead atoms. The number of aryl methyl sites for hydroxylation is 2. The average Bonchev–Trinajstić information content (AvgIpc) is 2.98. The number of halogens is 3. The number of nitrogens with zero attached hydrogens (tertiary/aromatic N) is 2. The van der Waals surface area contributed by atoms with Crippen molar-refractivity contribution in [1.29, 1.82) is 5.26 Å². The number of alkyl halides is 3. The maximum absolute atomic E-state index is 13.0. The third-order valence-electron chi connectivity index (χ3n) is 4.99. The lowest BCUT2D eigenvalue weighted by Gasteiger charge is -2.10. The van der Waals surface area contributed by atoms with Gasteiger partial charge in [0.15, 0.2) is 0 Å². The van der Waals surface area contributed by atoms with Crippen LogP contribution in [0, 0.1) is 25.2 Å². The molecular weight excluding hydrogens is 373 g/mol. The zero-order valence-corrected chi connectivity index (χ0v) is 16.5. The van der Waals surface area contributed by atoms with Crippen LogP contribution in [0.2, 0.25) is 0 Å². The van der Waals surface area contributed by atoms with Gasteiger partial charge in [0, 0.05) is 17.1 Å². The molecule has 0 aliphatic rings. The number of nitriles is 1. The molecule has 0 saturated carbocycles. The monoisotopic (exact) mass is 394 g/mol. The van der Waals surface area contributed by atoms with E-state index in [1.807, 2.05) is 38.1 Å². The third-order valence-corrected chi connectivity index (χ3v) is 4.99. The van der Waals surface area contributed by atoms with Gasteiger partial charge in [-0.05, 0) is 73.4 Å². The third kappa shape index (κ3) is 4.27. The molecule has 2 nitrogen and oxygen atoms in total. The molecule has 0 fully saturated rings. The Morgan fingerprint density at radius 3 is 2.34 bits per heavy atom. The van der Waals surface area contributed by atoms with E-state index in [0.717, 1.165) is 41.2 Å². The molecule has 0 N–H and O–H groups in total. The normalized spacial score (nSPS) is 12.1. The summed E-state index contributed by atoms with van der Waals surface area (Å²) in [6.07, 6.45) is -1.84. The maximum Gasteiger partial charge on any atom is 0.416 e. The molecule has 0 aliphatic carbocycles. The number of benzene rings is 2. The Bertz CT molecular complexity index is 1090. The van der Waals surface area contributed by atoms with Gasteiger partial charge in [-0.3, -0.25) is 0 Å². The standard InChI is InChI=1S/C24H21F3N2/c1-4-18-8-10-23(11-9-18)29-16(2)12-20(17(29)3)13-21(15-28)19-6-5-7-22(14-19)24(25,26)27/h5-14H,4H2,1-3H3/b21-13-. The van der Waals surface area contributed by atoms with Crippen LogP contribution in [0.1, 0.15) is 40.6 Å². The Hall–Kier alpha value is -3.26. The molecule has 0 radical (unpaired) electrons. The largest absolute Gasteiger partial charge is 0.416 e. The number of hydrogen-bond donors (Lipinski definition) is 0. The molecule has 3 rings (SSSR count). The molecular formula is C24H21F3N2. The molecule has 1 heterocycles. The molecule has 0 unspecified atom stereocenters. The lowest BCUT2D eigenvalue weighted by Crippen LogP contribution is -2.04. The highest BCUT2D eigenvalue weighted by atomic mass is 19.4. The van der Waals surface area contributed by atoms with Gasteiger partial charge >= 0.3 is 6.18 Å². The minimum absolute atomic E-state index is 0.192. The Balaban J connectivity index is 2.04. The fourth-order valence-corrected chi connectivity index (χ4v) is 3.41. The summed E-state index contributed by atoms with van der Waals surface area (Å²) in [5, 5.41) is 9.57. The van der Waals surface area contributed by atoms with Gasteiger partial charge in [-0.15, -0.1) is 0 Å². The molecule has 5 heteroatoms. The highest BCUT2D eigenvalue weighted by molar-refractivity contribution is 5.90. The Morgan fingerprint density at radius 2 is 1.76 bits per heavy atom. The summed E-state index contributed by atoms with van der Waals surface area (Å²) < 4.78 is 41.1. The maximum atomic E-state index is 13.0. The Kier molecular flexibility index (Phi) is 5.65. The van der Waals surface area contributed by atoms with Gasteiger partial charge in [-0.2, -0.15) is 18.4 Å². The molecule has 3 aromatic rings. The van der Waals surface area contributed by atoms with E-state index in [2.05, 4.69) is 23.6 Å². The van der Waals surface area contributed by atoms with Crippen molar-refractivity contribution in [3.63, 3.8) is 0 Å². The summed E-state index contributed by atoms with van der Waals surface area (Å²) in [4.78, 5) is 0. The van der Waals surface area contributed by atoms with E-state index < -0.39 is 11.7 Å². The van der Waals surface area contributed by atoms with Crippen LogP contribution in [0.5, 0.6) is 0 Å². The number of hydrogen-bond acceptors (Lipinski definition) is 1. The summed E-state index contributed by atoms with van der Waals surface area (Å²) in [6, 6.07) is 17.1.